The number of rotatable bonds is 7. The van der Waals surface area contributed by atoms with E-state index in [0.29, 0.717) is 18.7 Å². The lowest BCUT2D eigenvalue weighted by molar-refractivity contribution is 0.565. The van der Waals surface area contributed by atoms with Gasteiger partial charge in [-0.25, -0.2) is 13.1 Å². The van der Waals surface area contributed by atoms with Gasteiger partial charge in [0.05, 0.1) is 6.20 Å². The molecule has 0 aliphatic heterocycles. The summed E-state index contributed by atoms with van der Waals surface area (Å²) in [6.07, 6.45) is 3.47. The van der Waals surface area contributed by atoms with Crippen LogP contribution >= 0.6 is 11.8 Å². The van der Waals surface area contributed by atoms with Crippen molar-refractivity contribution in [2.24, 2.45) is 0 Å². The van der Waals surface area contributed by atoms with E-state index in [1.54, 1.807) is 18.8 Å². The average Bonchev–Trinajstić information content (AvgIpc) is 2.76. The second-order valence-electron chi connectivity index (χ2n) is 4.54. The normalized spacial score (nSPS) is 12.9. The van der Waals surface area contributed by atoms with Crippen molar-refractivity contribution in [1.82, 2.24) is 20.2 Å². The summed E-state index contributed by atoms with van der Waals surface area (Å²) >= 11 is 1.61. The number of nitrogens with zero attached hydrogens (tertiary/aromatic N) is 1. The largest absolute Gasteiger partial charge is 0.316 e. The van der Waals surface area contributed by atoms with Crippen molar-refractivity contribution >= 4 is 21.8 Å². The smallest absolute Gasteiger partial charge is 0.257 e. The van der Waals surface area contributed by atoms with Crippen molar-refractivity contribution < 1.29 is 8.42 Å². The number of thioether (sulfide) groups is 1. The van der Waals surface area contributed by atoms with Gasteiger partial charge in [-0.2, -0.15) is 16.9 Å². The zero-order valence-electron chi connectivity index (χ0n) is 11.1. The van der Waals surface area contributed by atoms with Crippen molar-refractivity contribution in [3.05, 3.63) is 11.8 Å². The molecule has 0 radical (unpaired) electrons. The molecule has 3 N–H and O–H groups in total. The Morgan fingerprint density at radius 2 is 2.17 bits per heavy atom. The van der Waals surface area contributed by atoms with Crippen LogP contribution in [0.2, 0.25) is 0 Å². The zero-order valence-corrected chi connectivity index (χ0v) is 12.7. The highest BCUT2D eigenvalue weighted by Crippen LogP contribution is 2.21. The first kappa shape index (κ1) is 15.5. The van der Waals surface area contributed by atoms with Gasteiger partial charge >= 0.3 is 0 Å². The molecule has 104 valence electrons. The lowest BCUT2D eigenvalue weighted by Crippen LogP contribution is -2.36. The van der Waals surface area contributed by atoms with Gasteiger partial charge in [0.25, 0.3) is 10.0 Å². The standard InChI is InChI=1S/C10H20N4O2S2/c1-10(2,17-4)7-13-18(15,16)9-8(5-11-3)6-12-14-9/h6,11,13H,5,7H2,1-4H3,(H,12,14). The molecule has 8 heteroatoms. The Bertz CT molecular complexity index is 482. The van der Waals surface area contributed by atoms with Crippen molar-refractivity contribution in [2.45, 2.75) is 30.2 Å². The van der Waals surface area contributed by atoms with Gasteiger partial charge in [0, 0.05) is 23.4 Å². The first-order valence-corrected chi connectivity index (χ1v) is 8.25. The first-order valence-electron chi connectivity index (χ1n) is 5.54. The molecule has 0 amide bonds. The van der Waals surface area contributed by atoms with Gasteiger partial charge in [-0.1, -0.05) is 0 Å². The van der Waals surface area contributed by atoms with Gasteiger partial charge in [0.1, 0.15) is 0 Å². The zero-order chi connectivity index (χ0) is 13.8. The molecule has 1 heterocycles. The third kappa shape index (κ3) is 3.98. The molecule has 0 fully saturated rings. The van der Waals surface area contributed by atoms with Crippen LogP contribution in [-0.4, -0.2) is 43.2 Å². The van der Waals surface area contributed by atoms with E-state index in [-0.39, 0.29) is 9.77 Å². The van der Waals surface area contributed by atoms with E-state index >= 15 is 0 Å². The summed E-state index contributed by atoms with van der Waals surface area (Å²) < 4.78 is 26.7. The van der Waals surface area contributed by atoms with E-state index < -0.39 is 10.0 Å². The SMILES string of the molecule is CNCc1cn[nH]c1S(=O)(=O)NCC(C)(C)SC. The van der Waals surface area contributed by atoms with Crippen LogP contribution in [0.15, 0.2) is 11.2 Å². The van der Waals surface area contributed by atoms with E-state index in [0.717, 1.165) is 0 Å². The van der Waals surface area contributed by atoms with Crippen LogP contribution < -0.4 is 10.0 Å². The maximum atomic E-state index is 12.1. The van der Waals surface area contributed by atoms with E-state index in [4.69, 9.17) is 0 Å². The monoisotopic (exact) mass is 292 g/mol. The summed E-state index contributed by atoms with van der Waals surface area (Å²) in [5.74, 6) is 0. The van der Waals surface area contributed by atoms with Gasteiger partial charge in [0.15, 0.2) is 5.03 Å². The fourth-order valence-electron chi connectivity index (χ4n) is 1.26. The summed E-state index contributed by atoms with van der Waals surface area (Å²) in [4.78, 5) is 0. The topological polar surface area (TPSA) is 86.9 Å². The van der Waals surface area contributed by atoms with Crippen molar-refractivity contribution in [3.63, 3.8) is 0 Å². The van der Waals surface area contributed by atoms with Gasteiger partial charge in [-0.05, 0) is 27.2 Å². The third-order valence-electron chi connectivity index (χ3n) is 2.55. The van der Waals surface area contributed by atoms with E-state index in [9.17, 15) is 8.42 Å². The first-order chi connectivity index (χ1) is 8.32. The van der Waals surface area contributed by atoms with Gasteiger partial charge in [0.2, 0.25) is 0 Å². The molecule has 18 heavy (non-hydrogen) atoms. The minimum absolute atomic E-state index is 0.133. The summed E-state index contributed by atoms with van der Waals surface area (Å²) in [7, 11) is -1.78. The molecule has 1 rings (SSSR count). The molecule has 1 aromatic rings. The highest BCUT2D eigenvalue weighted by atomic mass is 32.2. The minimum atomic E-state index is -3.53. The molecule has 0 bridgehead atoms. The molecule has 0 aliphatic rings. The van der Waals surface area contributed by atoms with Crippen LogP contribution in [0.3, 0.4) is 0 Å². The molecule has 0 aromatic carbocycles. The fraction of sp³-hybridized carbons (Fsp3) is 0.700. The Morgan fingerprint density at radius 3 is 2.72 bits per heavy atom. The molecule has 1 aromatic heterocycles. The number of nitrogens with one attached hydrogen (secondary N) is 3. The van der Waals surface area contributed by atoms with E-state index in [1.165, 1.54) is 6.20 Å². The van der Waals surface area contributed by atoms with E-state index in [2.05, 4.69) is 20.2 Å². The molecule has 0 saturated carbocycles. The van der Waals surface area contributed by atoms with Crippen molar-refractivity contribution in [1.29, 1.82) is 0 Å². The van der Waals surface area contributed by atoms with Crippen molar-refractivity contribution in [3.8, 4) is 0 Å². The highest BCUT2D eigenvalue weighted by molar-refractivity contribution is 8.00. The lowest BCUT2D eigenvalue weighted by Gasteiger charge is -2.22. The summed E-state index contributed by atoms with van der Waals surface area (Å²) in [6.45, 7) is 4.80. The summed E-state index contributed by atoms with van der Waals surface area (Å²) in [6, 6.07) is 0. The number of sulfonamides is 1. The Balaban J connectivity index is 2.83. The van der Waals surface area contributed by atoms with Crippen molar-refractivity contribution in [2.75, 3.05) is 19.8 Å². The maximum absolute atomic E-state index is 12.1. The third-order valence-corrected chi connectivity index (χ3v) is 5.22. The quantitative estimate of drug-likeness (QED) is 0.683. The number of H-pyrrole nitrogens is 1. The summed E-state index contributed by atoms with van der Waals surface area (Å²) in [5.41, 5.74) is 0.631. The van der Waals surface area contributed by atoms with Gasteiger partial charge in [-0.15, -0.1) is 0 Å². The molecule has 0 spiro atoms. The number of hydrogen-bond donors (Lipinski definition) is 3. The second-order valence-corrected chi connectivity index (χ2v) is 7.76. The van der Waals surface area contributed by atoms with Crippen LogP contribution in [0, 0.1) is 0 Å². The molecule has 0 unspecified atom stereocenters. The highest BCUT2D eigenvalue weighted by Gasteiger charge is 2.24. The molecule has 0 saturated heterocycles. The second kappa shape index (κ2) is 6.05. The van der Waals surface area contributed by atoms with Crippen LogP contribution in [0.25, 0.3) is 0 Å². The van der Waals surface area contributed by atoms with E-state index in [1.807, 2.05) is 20.1 Å². The van der Waals surface area contributed by atoms with Crippen LogP contribution in [-0.2, 0) is 16.6 Å². The van der Waals surface area contributed by atoms with Crippen LogP contribution in [0.1, 0.15) is 19.4 Å². The molecular weight excluding hydrogens is 272 g/mol. The maximum Gasteiger partial charge on any atom is 0.257 e. The Morgan fingerprint density at radius 1 is 1.50 bits per heavy atom. The number of aromatic amines is 1. The predicted octanol–water partition coefficient (Wildman–Crippen LogP) is 0.549. The van der Waals surface area contributed by atoms with Crippen LogP contribution in [0.4, 0.5) is 0 Å². The Labute approximate surface area is 112 Å². The molecule has 0 atom stereocenters. The summed E-state index contributed by atoms with van der Waals surface area (Å²) in [5, 5.41) is 9.36. The number of hydrogen-bond acceptors (Lipinski definition) is 5. The molecule has 0 aliphatic carbocycles. The van der Waals surface area contributed by atoms with Gasteiger partial charge in [-0.3, -0.25) is 5.10 Å². The van der Waals surface area contributed by atoms with Gasteiger partial charge < -0.3 is 5.32 Å². The Hall–Kier alpha value is -0.570. The number of aromatic nitrogens is 2. The average molecular weight is 292 g/mol. The minimum Gasteiger partial charge on any atom is -0.316 e. The molecule has 6 nitrogen and oxygen atoms in total. The van der Waals surface area contributed by atoms with Crippen LogP contribution in [0.5, 0.6) is 0 Å². The lowest BCUT2D eigenvalue weighted by atomic mass is 10.2. The molecular formula is C10H20N4O2S2. The Kier molecular flexibility index (Phi) is 5.20. The predicted molar refractivity (Wildman–Crippen MR) is 74.1 cm³/mol. The fourth-order valence-corrected chi connectivity index (χ4v) is 2.91.